The van der Waals surface area contributed by atoms with Crippen molar-refractivity contribution in [3.05, 3.63) is 29.6 Å². The normalized spacial score (nSPS) is 16.9. The fraction of sp³-hybridized carbons (Fsp3) is 0.643. The Bertz CT molecular complexity index is 348. The number of hydrogen-bond acceptors (Lipinski definition) is 3. The number of aliphatic hydroxyl groups is 1. The van der Waals surface area contributed by atoms with Crippen LogP contribution in [-0.2, 0) is 6.54 Å². The molecule has 1 aromatic heterocycles. The minimum absolute atomic E-state index is 0.246. The second-order valence-corrected chi connectivity index (χ2v) is 5.00. The third-order valence-electron chi connectivity index (χ3n) is 3.55. The van der Waals surface area contributed by atoms with E-state index in [2.05, 4.69) is 22.9 Å². The molecule has 0 radical (unpaired) electrons. The van der Waals surface area contributed by atoms with Crippen LogP contribution in [0.1, 0.15) is 36.8 Å². The first-order valence-electron chi connectivity index (χ1n) is 6.55. The number of aryl methyl sites for hydroxylation is 1. The minimum Gasteiger partial charge on any atom is -0.395 e. The van der Waals surface area contributed by atoms with Gasteiger partial charge in [0.1, 0.15) is 0 Å². The smallest absolute Gasteiger partial charge is 0.0558 e. The molecule has 0 aliphatic heterocycles. The molecule has 0 unspecified atom stereocenters. The predicted octanol–water partition coefficient (Wildman–Crippen LogP) is 2.13. The summed E-state index contributed by atoms with van der Waals surface area (Å²) in [5, 5.41) is 9.17. The standard InChI is InChI=1S/C14H22N2O/c1-12-8-13(10-15-9-12)11-16(6-7-17)14-4-2-3-5-14/h8-10,14,17H,2-7,11H2,1H3. The molecule has 3 heteroatoms. The van der Waals surface area contributed by atoms with E-state index in [0.717, 1.165) is 13.1 Å². The molecule has 1 aliphatic carbocycles. The highest BCUT2D eigenvalue weighted by atomic mass is 16.3. The van der Waals surface area contributed by atoms with Crippen molar-refractivity contribution in [1.29, 1.82) is 0 Å². The molecule has 0 atom stereocenters. The van der Waals surface area contributed by atoms with Gasteiger partial charge in [-0.25, -0.2) is 0 Å². The maximum absolute atomic E-state index is 9.17. The molecule has 3 nitrogen and oxygen atoms in total. The van der Waals surface area contributed by atoms with Crippen molar-refractivity contribution in [3.63, 3.8) is 0 Å². The summed E-state index contributed by atoms with van der Waals surface area (Å²) in [4.78, 5) is 6.64. The fourth-order valence-corrected chi connectivity index (χ4v) is 2.73. The molecule has 1 fully saturated rings. The highest BCUT2D eigenvalue weighted by Crippen LogP contribution is 2.24. The molecule has 1 aromatic rings. The van der Waals surface area contributed by atoms with Gasteiger partial charge in [0.25, 0.3) is 0 Å². The van der Waals surface area contributed by atoms with E-state index in [-0.39, 0.29) is 6.61 Å². The second-order valence-electron chi connectivity index (χ2n) is 5.00. The number of hydrogen-bond donors (Lipinski definition) is 1. The van der Waals surface area contributed by atoms with Crippen LogP contribution < -0.4 is 0 Å². The summed E-state index contributed by atoms with van der Waals surface area (Å²) in [5.74, 6) is 0. The Balaban J connectivity index is 2.01. The summed E-state index contributed by atoms with van der Waals surface area (Å²) < 4.78 is 0. The number of aliphatic hydroxyl groups excluding tert-OH is 1. The highest BCUT2D eigenvalue weighted by molar-refractivity contribution is 5.16. The van der Waals surface area contributed by atoms with Gasteiger partial charge >= 0.3 is 0 Å². The minimum atomic E-state index is 0.246. The van der Waals surface area contributed by atoms with Crippen molar-refractivity contribution in [2.24, 2.45) is 0 Å². The van der Waals surface area contributed by atoms with Gasteiger partial charge in [0.15, 0.2) is 0 Å². The Morgan fingerprint density at radius 2 is 2.12 bits per heavy atom. The molecule has 17 heavy (non-hydrogen) atoms. The number of pyridine rings is 1. The van der Waals surface area contributed by atoms with E-state index in [4.69, 9.17) is 0 Å². The van der Waals surface area contributed by atoms with E-state index >= 15 is 0 Å². The van der Waals surface area contributed by atoms with Gasteiger partial charge in [-0.15, -0.1) is 0 Å². The number of nitrogens with zero attached hydrogens (tertiary/aromatic N) is 2. The van der Waals surface area contributed by atoms with Gasteiger partial charge in [0, 0.05) is 31.5 Å². The van der Waals surface area contributed by atoms with Crippen LogP contribution in [0.4, 0.5) is 0 Å². The van der Waals surface area contributed by atoms with Crippen molar-refractivity contribution < 1.29 is 5.11 Å². The largest absolute Gasteiger partial charge is 0.395 e. The maximum atomic E-state index is 9.17. The molecule has 94 valence electrons. The highest BCUT2D eigenvalue weighted by Gasteiger charge is 2.22. The Kier molecular flexibility index (Phi) is 4.51. The molecule has 1 aliphatic rings. The second kappa shape index (κ2) is 6.12. The van der Waals surface area contributed by atoms with Crippen LogP contribution in [0.2, 0.25) is 0 Å². The molecular weight excluding hydrogens is 212 g/mol. The molecule has 1 heterocycles. The molecule has 1 N–H and O–H groups in total. The summed E-state index contributed by atoms with van der Waals surface area (Å²) >= 11 is 0. The predicted molar refractivity (Wildman–Crippen MR) is 68.7 cm³/mol. The molecule has 1 saturated carbocycles. The van der Waals surface area contributed by atoms with Crippen molar-refractivity contribution in [2.45, 2.75) is 45.2 Å². The van der Waals surface area contributed by atoms with Crippen LogP contribution >= 0.6 is 0 Å². The molecular formula is C14H22N2O. The molecule has 0 aromatic carbocycles. The maximum Gasteiger partial charge on any atom is 0.0558 e. The average molecular weight is 234 g/mol. The van der Waals surface area contributed by atoms with Crippen molar-refractivity contribution in [3.8, 4) is 0 Å². The van der Waals surface area contributed by atoms with E-state index in [1.165, 1.54) is 36.8 Å². The molecule has 0 bridgehead atoms. The zero-order valence-electron chi connectivity index (χ0n) is 10.6. The Morgan fingerprint density at radius 1 is 1.35 bits per heavy atom. The molecule has 0 amide bonds. The molecule has 2 rings (SSSR count). The summed E-state index contributed by atoms with van der Waals surface area (Å²) in [7, 11) is 0. The summed E-state index contributed by atoms with van der Waals surface area (Å²) in [5.41, 5.74) is 2.46. The van der Waals surface area contributed by atoms with Gasteiger partial charge < -0.3 is 5.11 Å². The van der Waals surface area contributed by atoms with Gasteiger partial charge in [-0.05, 0) is 30.9 Å². The topological polar surface area (TPSA) is 36.4 Å². The van der Waals surface area contributed by atoms with E-state index < -0.39 is 0 Å². The molecule has 0 spiro atoms. The third-order valence-corrected chi connectivity index (χ3v) is 3.55. The number of aromatic nitrogens is 1. The van der Waals surface area contributed by atoms with Crippen LogP contribution in [0, 0.1) is 6.92 Å². The van der Waals surface area contributed by atoms with Crippen LogP contribution in [0.15, 0.2) is 18.5 Å². The van der Waals surface area contributed by atoms with Crippen LogP contribution in [0.3, 0.4) is 0 Å². The van der Waals surface area contributed by atoms with Gasteiger partial charge in [0.05, 0.1) is 6.61 Å². The Labute approximate surface area is 103 Å². The van der Waals surface area contributed by atoms with Crippen molar-refractivity contribution >= 4 is 0 Å². The number of rotatable bonds is 5. The quantitative estimate of drug-likeness (QED) is 0.848. The first kappa shape index (κ1) is 12.5. The SMILES string of the molecule is Cc1cncc(CN(CCO)C2CCCC2)c1. The Morgan fingerprint density at radius 3 is 2.76 bits per heavy atom. The zero-order chi connectivity index (χ0) is 12.1. The molecule has 0 saturated heterocycles. The van der Waals surface area contributed by atoms with Crippen molar-refractivity contribution in [1.82, 2.24) is 9.88 Å². The van der Waals surface area contributed by atoms with Gasteiger partial charge in [-0.2, -0.15) is 0 Å². The lowest BCUT2D eigenvalue weighted by molar-refractivity contribution is 0.144. The summed E-state index contributed by atoms with van der Waals surface area (Å²) in [6.07, 6.45) is 9.04. The van der Waals surface area contributed by atoms with Gasteiger partial charge in [-0.3, -0.25) is 9.88 Å². The van der Waals surface area contributed by atoms with Crippen LogP contribution in [0.25, 0.3) is 0 Å². The van der Waals surface area contributed by atoms with E-state index in [1.54, 1.807) is 0 Å². The van der Waals surface area contributed by atoms with Gasteiger partial charge in [0.2, 0.25) is 0 Å². The van der Waals surface area contributed by atoms with Gasteiger partial charge in [-0.1, -0.05) is 18.9 Å². The first-order chi connectivity index (χ1) is 8.29. The summed E-state index contributed by atoms with van der Waals surface area (Å²) in [6, 6.07) is 2.84. The first-order valence-corrected chi connectivity index (χ1v) is 6.55. The lowest BCUT2D eigenvalue weighted by atomic mass is 10.1. The van der Waals surface area contributed by atoms with Crippen LogP contribution in [-0.4, -0.2) is 34.2 Å². The zero-order valence-corrected chi connectivity index (χ0v) is 10.6. The van der Waals surface area contributed by atoms with Crippen LogP contribution in [0.5, 0.6) is 0 Å². The summed E-state index contributed by atoms with van der Waals surface area (Å²) in [6.45, 7) is 4.01. The van der Waals surface area contributed by atoms with E-state index in [9.17, 15) is 5.11 Å². The lowest BCUT2D eigenvalue weighted by Crippen LogP contribution is -2.35. The van der Waals surface area contributed by atoms with Crippen molar-refractivity contribution in [2.75, 3.05) is 13.2 Å². The monoisotopic (exact) mass is 234 g/mol. The van der Waals surface area contributed by atoms with E-state index in [1.807, 2.05) is 12.4 Å². The Hall–Kier alpha value is -0.930. The van der Waals surface area contributed by atoms with E-state index in [0.29, 0.717) is 6.04 Å². The average Bonchev–Trinajstić information content (AvgIpc) is 2.82. The lowest BCUT2D eigenvalue weighted by Gasteiger charge is -2.28. The fourth-order valence-electron chi connectivity index (χ4n) is 2.73. The third kappa shape index (κ3) is 3.51.